The summed E-state index contributed by atoms with van der Waals surface area (Å²) in [6.07, 6.45) is -0.173. The van der Waals surface area contributed by atoms with E-state index in [2.05, 4.69) is 10.1 Å². The molecule has 9 heteroatoms. The Morgan fingerprint density at radius 1 is 1.09 bits per heavy atom. The minimum Gasteiger partial charge on any atom is -0.493 e. The van der Waals surface area contributed by atoms with Crippen LogP contribution in [0.25, 0.3) is 11.5 Å². The van der Waals surface area contributed by atoms with Crippen molar-refractivity contribution in [3.8, 4) is 17.2 Å². The molecule has 0 saturated carbocycles. The monoisotopic (exact) mass is 453 g/mol. The summed E-state index contributed by atoms with van der Waals surface area (Å²) in [7, 11) is 0. The Morgan fingerprint density at radius 3 is 2.48 bits per heavy atom. The summed E-state index contributed by atoms with van der Waals surface area (Å²) in [5.74, 6) is 0.711. The Hall–Kier alpha value is -3.88. The van der Waals surface area contributed by atoms with E-state index in [1.54, 1.807) is 24.3 Å². The summed E-state index contributed by atoms with van der Waals surface area (Å²) in [4.78, 5) is 28.9. The van der Waals surface area contributed by atoms with Gasteiger partial charge < -0.3 is 19.1 Å². The highest BCUT2D eigenvalue weighted by molar-refractivity contribution is 5.76. The first-order valence-corrected chi connectivity index (χ1v) is 10.6. The third-order valence-corrected chi connectivity index (χ3v) is 4.50. The van der Waals surface area contributed by atoms with Gasteiger partial charge in [-0.1, -0.05) is 49.3 Å². The lowest BCUT2D eigenvalue weighted by Crippen LogP contribution is -2.36. The van der Waals surface area contributed by atoms with Crippen molar-refractivity contribution in [2.45, 2.75) is 26.8 Å². The number of aliphatic carboxylic acids is 1. The Labute approximate surface area is 191 Å². The number of aromatic nitrogens is 2. The summed E-state index contributed by atoms with van der Waals surface area (Å²) < 4.78 is 16.2. The molecule has 0 aliphatic rings. The van der Waals surface area contributed by atoms with Crippen molar-refractivity contribution in [1.29, 1.82) is 0 Å². The molecule has 0 fully saturated rings. The van der Waals surface area contributed by atoms with Crippen LogP contribution in [0.2, 0.25) is 0 Å². The highest BCUT2D eigenvalue weighted by Gasteiger charge is 2.19. The third kappa shape index (κ3) is 7.64. The van der Waals surface area contributed by atoms with Gasteiger partial charge in [-0.15, -0.1) is 0 Å². The van der Waals surface area contributed by atoms with E-state index >= 15 is 0 Å². The van der Waals surface area contributed by atoms with E-state index in [0.29, 0.717) is 30.5 Å². The maximum Gasteiger partial charge on any atom is 0.410 e. The fourth-order valence-corrected chi connectivity index (χ4v) is 2.90. The Kier molecular flexibility index (Phi) is 8.40. The lowest BCUT2D eigenvalue weighted by atomic mass is 10.2. The van der Waals surface area contributed by atoms with Gasteiger partial charge in [0.05, 0.1) is 13.2 Å². The quantitative estimate of drug-likeness (QED) is 0.463. The van der Waals surface area contributed by atoms with Crippen LogP contribution in [0, 0.1) is 5.92 Å². The number of carboxylic acids is 1. The summed E-state index contributed by atoms with van der Waals surface area (Å²) in [5, 5.41) is 13.1. The van der Waals surface area contributed by atoms with Gasteiger partial charge in [-0.05, 0) is 35.7 Å². The summed E-state index contributed by atoms with van der Waals surface area (Å²) in [6.45, 7) is 4.09. The van der Waals surface area contributed by atoms with E-state index in [9.17, 15) is 9.59 Å². The van der Waals surface area contributed by atoms with Gasteiger partial charge in [0, 0.05) is 18.5 Å². The summed E-state index contributed by atoms with van der Waals surface area (Å²) in [6, 6.07) is 16.6. The molecule has 3 aromatic rings. The SMILES string of the molecule is CC(C)COC(=O)N(CC(=O)O)Cc1ccc(OCCc2noc(-c3ccccc3)n2)cc1. The van der Waals surface area contributed by atoms with Crippen LogP contribution < -0.4 is 4.74 Å². The van der Waals surface area contributed by atoms with Crippen molar-refractivity contribution in [2.75, 3.05) is 19.8 Å². The van der Waals surface area contributed by atoms with E-state index in [1.165, 1.54) is 0 Å². The standard InChI is InChI=1S/C24H27N3O6/c1-17(2)16-32-24(30)27(15-22(28)29)14-18-8-10-20(11-9-18)31-13-12-21-25-23(33-26-21)19-6-4-3-5-7-19/h3-11,17H,12-16H2,1-2H3,(H,28,29). The van der Waals surface area contributed by atoms with Gasteiger partial charge in [-0.25, -0.2) is 4.79 Å². The zero-order valence-corrected chi connectivity index (χ0v) is 18.6. The first kappa shape index (κ1) is 23.8. The number of amides is 1. The molecule has 0 radical (unpaired) electrons. The van der Waals surface area contributed by atoms with Crippen LogP contribution in [0.5, 0.6) is 5.75 Å². The summed E-state index contributed by atoms with van der Waals surface area (Å²) in [5.41, 5.74) is 1.62. The van der Waals surface area contributed by atoms with Gasteiger partial charge in [-0.2, -0.15) is 4.98 Å². The summed E-state index contributed by atoms with van der Waals surface area (Å²) >= 11 is 0. The first-order valence-electron chi connectivity index (χ1n) is 10.6. The molecule has 33 heavy (non-hydrogen) atoms. The number of carbonyl (C=O) groups excluding carboxylic acids is 1. The van der Waals surface area contributed by atoms with Crippen LogP contribution in [0.1, 0.15) is 25.2 Å². The number of hydrogen-bond acceptors (Lipinski definition) is 7. The molecule has 0 aliphatic heterocycles. The van der Waals surface area contributed by atoms with Gasteiger partial charge in [0.2, 0.25) is 0 Å². The maximum atomic E-state index is 12.2. The van der Waals surface area contributed by atoms with Crippen molar-refractivity contribution in [3.63, 3.8) is 0 Å². The second-order valence-electron chi connectivity index (χ2n) is 7.84. The number of nitrogens with zero attached hydrogens (tertiary/aromatic N) is 3. The molecule has 0 spiro atoms. The molecule has 1 heterocycles. The predicted octanol–water partition coefficient (Wildman–Crippen LogP) is 4.04. The van der Waals surface area contributed by atoms with Gasteiger partial charge in [0.25, 0.3) is 5.89 Å². The van der Waals surface area contributed by atoms with E-state index in [0.717, 1.165) is 16.0 Å². The molecule has 0 saturated heterocycles. The fraction of sp³-hybridized carbons (Fsp3) is 0.333. The minimum absolute atomic E-state index is 0.120. The largest absolute Gasteiger partial charge is 0.493 e. The van der Waals surface area contributed by atoms with Crippen LogP contribution in [0.3, 0.4) is 0 Å². The Bertz CT molecular complexity index is 1030. The molecular formula is C24H27N3O6. The fourth-order valence-electron chi connectivity index (χ4n) is 2.90. The third-order valence-electron chi connectivity index (χ3n) is 4.50. The number of rotatable bonds is 11. The lowest BCUT2D eigenvalue weighted by Gasteiger charge is -2.21. The zero-order chi connectivity index (χ0) is 23.6. The molecule has 9 nitrogen and oxygen atoms in total. The Morgan fingerprint density at radius 2 is 1.82 bits per heavy atom. The predicted molar refractivity (Wildman–Crippen MR) is 120 cm³/mol. The molecule has 1 N–H and O–H groups in total. The number of carboxylic acid groups (broad SMARTS) is 1. The number of hydrogen-bond donors (Lipinski definition) is 1. The lowest BCUT2D eigenvalue weighted by molar-refractivity contribution is -0.138. The zero-order valence-electron chi connectivity index (χ0n) is 18.6. The van der Waals surface area contributed by atoms with E-state index in [4.69, 9.17) is 19.1 Å². The van der Waals surface area contributed by atoms with Gasteiger partial charge in [0.15, 0.2) is 5.82 Å². The molecule has 174 valence electrons. The molecule has 3 rings (SSSR count). The normalized spacial score (nSPS) is 10.8. The van der Waals surface area contributed by atoms with Crippen molar-refractivity contribution >= 4 is 12.1 Å². The van der Waals surface area contributed by atoms with Crippen LogP contribution in [0.4, 0.5) is 4.79 Å². The number of carbonyl (C=O) groups is 2. The van der Waals surface area contributed by atoms with Crippen LogP contribution in [-0.4, -0.2) is 52.0 Å². The van der Waals surface area contributed by atoms with Crippen molar-refractivity contribution in [1.82, 2.24) is 15.0 Å². The van der Waals surface area contributed by atoms with Crippen molar-refractivity contribution in [3.05, 3.63) is 66.0 Å². The second-order valence-corrected chi connectivity index (χ2v) is 7.84. The maximum absolute atomic E-state index is 12.2. The molecule has 0 atom stereocenters. The Balaban J connectivity index is 1.50. The van der Waals surface area contributed by atoms with E-state index in [-0.39, 0.29) is 19.1 Å². The molecule has 1 aromatic heterocycles. The topological polar surface area (TPSA) is 115 Å². The number of ether oxygens (including phenoxy) is 2. The van der Waals surface area contributed by atoms with E-state index in [1.807, 2.05) is 44.2 Å². The molecule has 1 amide bonds. The molecular weight excluding hydrogens is 426 g/mol. The van der Waals surface area contributed by atoms with Gasteiger partial charge in [-0.3, -0.25) is 9.69 Å². The highest BCUT2D eigenvalue weighted by Crippen LogP contribution is 2.17. The highest BCUT2D eigenvalue weighted by atomic mass is 16.6. The average molecular weight is 453 g/mol. The van der Waals surface area contributed by atoms with Crippen LogP contribution >= 0.6 is 0 Å². The van der Waals surface area contributed by atoms with Crippen LogP contribution in [0.15, 0.2) is 59.1 Å². The molecule has 2 aromatic carbocycles. The number of benzene rings is 2. The van der Waals surface area contributed by atoms with Crippen LogP contribution in [-0.2, 0) is 22.5 Å². The van der Waals surface area contributed by atoms with Crippen molar-refractivity contribution in [2.24, 2.45) is 5.92 Å². The van der Waals surface area contributed by atoms with Gasteiger partial charge >= 0.3 is 12.1 Å². The molecule has 0 unspecified atom stereocenters. The second kappa shape index (κ2) is 11.7. The smallest absolute Gasteiger partial charge is 0.410 e. The van der Waals surface area contributed by atoms with Crippen molar-refractivity contribution < 1.29 is 28.7 Å². The van der Waals surface area contributed by atoms with E-state index < -0.39 is 18.6 Å². The average Bonchev–Trinajstić information content (AvgIpc) is 3.27. The van der Waals surface area contributed by atoms with Gasteiger partial charge in [0.1, 0.15) is 12.3 Å². The first-order chi connectivity index (χ1) is 15.9. The molecule has 0 aliphatic carbocycles. The minimum atomic E-state index is -1.10. The molecule has 0 bridgehead atoms.